The fourth-order valence-corrected chi connectivity index (χ4v) is 3.73. The van der Waals surface area contributed by atoms with Crippen LogP contribution in [-0.2, 0) is 19.4 Å². The predicted molar refractivity (Wildman–Crippen MR) is 101 cm³/mol. The van der Waals surface area contributed by atoms with Gasteiger partial charge in [0.2, 0.25) is 5.91 Å². The fraction of sp³-hybridized carbons (Fsp3) is 0.211. The van der Waals surface area contributed by atoms with Crippen molar-refractivity contribution < 1.29 is 27.9 Å². The Bertz CT molecular complexity index is 929. The van der Waals surface area contributed by atoms with Gasteiger partial charge in [0.05, 0.1) is 17.2 Å². The maximum absolute atomic E-state index is 12.3. The Balaban J connectivity index is 1.89. The van der Waals surface area contributed by atoms with Gasteiger partial charge in [0.25, 0.3) is 5.91 Å². The number of carbonyl (C=O) groups excluding carboxylic acids is 2. The first-order chi connectivity index (χ1) is 13.3. The third-order valence-corrected chi connectivity index (χ3v) is 5.62. The molecule has 1 atom stereocenters. The van der Waals surface area contributed by atoms with E-state index >= 15 is 0 Å². The summed E-state index contributed by atoms with van der Waals surface area (Å²) >= 11 is 0. The number of aliphatic carboxylic acids is 1. The van der Waals surface area contributed by atoms with Gasteiger partial charge in [0, 0.05) is 5.56 Å². The molecule has 0 unspecified atom stereocenters. The van der Waals surface area contributed by atoms with E-state index in [0.29, 0.717) is 5.56 Å². The summed E-state index contributed by atoms with van der Waals surface area (Å²) in [4.78, 5) is 35.3. The summed E-state index contributed by atoms with van der Waals surface area (Å²) in [6.45, 7) is -0.428. The van der Waals surface area contributed by atoms with Crippen LogP contribution in [0.1, 0.15) is 16.8 Å². The fourth-order valence-electron chi connectivity index (χ4n) is 2.37. The summed E-state index contributed by atoms with van der Waals surface area (Å²) in [6.07, 6.45) is -0.301. The van der Waals surface area contributed by atoms with Gasteiger partial charge in [-0.25, -0.2) is 13.2 Å². The minimum atomic E-state index is -3.67. The van der Waals surface area contributed by atoms with Crippen molar-refractivity contribution in [1.29, 1.82) is 0 Å². The van der Waals surface area contributed by atoms with Gasteiger partial charge in [-0.05, 0) is 30.7 Å². The highest BCUT2D eigenvalue weighted by atomic mass is 32.2. The molecular formula is C19H20N2O6S. The maximum atomic E-state index is 12.3. The van der Waals surface area contributed by atoms with Crippen LogP contribution in [0.25, 0.3) is 0 Å². The van der Waals surface area contributed by atoms with E-state index in [1.54, 1.807) is 48.5 Å². The molecule has 0 saturated carbocycles. The summed E-state index contributed by atoms with van der Waals surface area (Å²) in [5, 5.41) is 13.9. The minimum Gasteiger partial charge on any atom is -0.480 e. The summed E-state index contributed by atoms with van der Waals surface area (Å²) in [5.74, 6) is -3.00. The highest BCUT2D eigenvalue weighted by Gasteiger charge is 2.24. The molecule has 0 aliphatic heterocycles. The summed E-state index contributed by atoms with van der Waals surface area (Å²) in [6, 6.07) is 14.5. The van der Waals surface area contributed by atoms with Crippen molar-refractivity contribution in [3.63, 3.8) is 0 Å². The number of carbonyl (C=O) groups is 3. The molecule has 3 N–H and O–H groups in total. The largest absolute Gasteiger partial charge is 0.480 e. The molecule has 148 valence electrons. The Morgan fingerprint density at radius 3 is 2.07 bits per heavy atom. The number of amides is 2. The average Bonchev–Trinajstić information content (AvgIpc) is 2.70. The van der Waals surface area contributed by atoms with E-state index in [9.17, 15) is 27.9 Å². The second-order valence-electron chi connectivity index (χ2n) is 5.93. The van der Waals surface area contributed by atoms with Crippen molar-refractivity contribution in [3.8, 4) is 0 Å². The second kappa shape index (κ2) is 9.65. The monoisotopic (exact) mass is 404 g/mol. The number of carboxylic acid groups (broad SMARTS) is 1. The minimum absolute atomic E-state index is 0.0839. The molecule has 0 spiro atoms. The number of hydrogen-bond donors (Lipinski definition) is 3. The van der Waals surface area contributed by atoms with E-state index < -0.39 is 46.0 Å². The van der Waals surface area contributed by atoms with Crippen LogP contribution in [0.5, 0.6) is 0 Å². The van der Waals surface area contributed by atoms with Crippen LogP contribution in [0.4, 0.5) is 0 Å². The Hall–Kier alpha value is -3.20. The van der Waals surface area contributed by atoms with E-state index in [-0.39, 0.29) is 11.3 Å². The average molecular weight is 404 g/mol. The van der Waals surface area contributed by atoms with Crippen molar-refractivity contribution in [1.82, 2.24) is 10.6 Å². The Kier molecular flexibility index (Phi) is 7.28. The number of rotatable bonds is 9. The summed E-state index contributed by atoms with van der Waals surface area (Å²) in [5.41, 5.74) is 0.360. The number of nitrogens with one attached hydrogen (secondary N) is 2. The van der Waals surface area contributed by atoms with E-state index in [0.717, 1.165) is 0 Å². The standard InChI is InChI=1S/C19H20N2O6S/c22-17(13-20-18(23)14-7-3-1-4-8-14)21-16(19(24)25)11-12-28(26,27)15-9-5-2-6-10-15/h1-10,16H,11-13H2,(H,20,23)(H,21,22)(H,24,25)/t16-/m1/s1. The first-order valence-corrected chi connectivity index (χ1v) is 10.1. The molecule has 0 bridgehead atoms. The third-order valence-electron chi connectivity index (χ3n) is 3.86. The van der Waals surface area contributed by atoms with Crippen LogP contribution < -0.4 is 10.6 Å². The highest BCUT2D eigenvalue weighted by molar-refractivity contribution is 7.91. The van der Waals surface area contributed by atoms with E-state index in [1.165, 1.54) is 12.1 Å². The Morgan fingerprint density at radius 2 is 1.50 bits per heavy atom. The first kappa shape index (κ1) is 21.1. The van der Waals surface area contributed by atoms with Crippen molar-refractivity contribution in [2.75, 3.05) is 12.3 Å². The van der Waals surface area contributed by atoms with E-state index in [1.807, 2.05) is 0 Å². The maximum Gasteiger partial charge on any atom is 0.326 e. The van der Waals surface area contributed by atoms with E-state index in [4.69, 9.17) is 0 Å². The summed E-state index contributed by atoms with van der Waals surface area (Å²) < 4.78 is 24.5. The van der Waals surface area contributed by atoms with Gasteiger partial charge in [-0.15, -0.1) is 0 Å². The van der Waals surface area contributed by atoms with Gasteiger partial charge in [0.15, 0.2) is 9.84 Å². The number of benzene rings is 2. The van der Waals surface area contributed by atoms with Gasteiger partial charge >= 0.3 is 5.97 Å². The smallest absolute Gasteiger partial charge is 0.326 e. The van der Waals surface area contributed by atoms with Crippen LogP contribution >= 0.6 is 0 Å². The molecule has 9 heteroatoms. The zero-order chi connectivity index (χ0) is 20.6. The van der Waals surface area contributed by atoms with Gasteiger partial charge in [0.1, 0.15) is 6.04 Å². The van der Waals surface area contributed by atoms with Crippen LogP contribution in [0.15, 0.2) is 65.6 Å². The SMILES string of the molecule is O=C(CNC(=O)c1ccccc1)N[C@H](CCS(=O)(=O)c1ccccc1)C(=O)O. The topological polar surface area (TPSA) is 130 Å². The molecule has 0 heterocycles. The van der Waals surface area contributed by atoms with Crippen molar-refractivity contribution in [3.05, 3.63) is 66.2 Å². The Morgan fingerprint density at radius 1 is 0.929 bits per heavy atom. The van der Waals surface area contributed by atoms with Crippen LogP contribution in [0.3, 0.4) is 0 Å². The zero-order valence-corrected chi connectivity index (χ0v) is 15.7. The summed E-state index contributed by atoms with van der Waals surface area (Å²) in [7, 11) is -3.67. The van der Waals surface area contributed by atoms with Crippen molar-refractivity contribution in [2.24, 2.45) is 0 Å². The molecule has 0 aliphatic carbocycles. The van der Waals surface area contributed by atoms with Crippen LogP contribution in [0, 0.1) is 0 Å². The molecule has 2 aromatic carbocycles. The van der Waals surface area contributed by atoms with Gasteiger partial charge in [-0.3, -0.25) is 9.59 Å². The van der Waals surface area contributed by atoms with Crippen molar-refractivity contribution in [2.45, 2.75) is 17.4 Å². The molecule has 2 amide bonds. The highest BCUT2D eigenvalue weighted by Crippen LogP contribution is 2.12. The number of hydrogen-bond acceptors (Lipinski definition) is 5. The zero-order valence-electron chi connectivity index (χ0n) is 14.9. The number of carboxylic acids is 1. The third kappa shape index (κ3) is 6.20. The van der Waals surface area contributed by atoms with Gasteiger partial charge in [-0.2, -0.15) is 0 Å². The molecule has 0 aromatic heterocycles. The quantitative estimate of drug-likeness (QED) is 0.568. The molecule has 2 rings (SSSR count). The second-order valence-corrected chi connectivity index (χ2v) is 8.04. The number of sulfone groups is 1. The lowest BCUT2D eigenvalue weighted by molar-refractivity contribution is -0.141. The lowest BCUT2D eigenvalue weighted by Gasteiger charge is -2.15. The molecule has 0 fully saturated rings. The molecular weight excluding hydrogens is 384 g/mol. The van der Waals surface area contributed by atoms with E-state index in [2.05, 4.69) is 10.6 Å². The molecule has 28 heavy (non-hydrogen) atoms. The Labute approximate surface area is 162 Å². The van der Waals surface area contributed by atoms with Crippen molar-refractivity contribution >= 4 is 27.6 Å². The molecule has 8 nitrogen and oxygen atoms in total. The normalized spacial score (nSPS) is 12.0. The first-order valence-electron chi connectivity index (χ1n) is 8.43. The molecule has 2 aromatic rings. The molecule has 0 aliphatic rings. The van der Waals surface area contributed by atoms with Crippen LogP contribution in [-0.4, -0.2) is 49.6 Å². The van der Waals surface area contributed by atoms with Gasteiger partial charge < -0.3 is 15.7 Å². The molecule has 0 radical (unpaired) electrons. The lowest BCUT2D eigenvalue weighted by atomic mass is 10.2. The van der Waals surface area contributed by atoms with Gasteiger partial charge in [-0.1, -0.05) is 36.4 Å². The predicted octanol–water partition coefficient (Wildman–Crippen LogP) is 0.850. The lowest BCUT2D eigenvalue weighted by Crippen LogP contribution is -2.46. The van der Waals surface area contributed by atoms with Crippen LogP contribution in [0.2, 0.25) is 0 Å². The molecule has 0 saturated heterocycles.